The molecule has 3 N–H and O–H groups in total. The molecule has 1 atom stereocenters. The van der Waals surface area contributed by atoms with Gasteiger partial charge >= 0.3 is 0 Å². The van der Waals surface area contributed by atoms with Crippen molar-refractivity contribution in [1.82, 2.24) is 25.2 Å². The molecule has 0 saturated carbocycles. The Morgan fingerprint density at radius 3 is 2.53 bits per heavy atom. The van der Waals surface area contributed by atoms with Crippen LogP contribution in [0, 0.1) is 0 Å². The number of amides is 1. The number of carbonyl (C=O) groups excluding carboxylic acids is 1. The number of hydrogen-bond acceptors (Lipinski definition) is 6. The van der Waals surface area contributed by atoms with E-state index in [0.29, 0.717) is 23.0 Å². The molecular weight excluding hydrogens is 400 g/mol. The molecule has 4 aromatic rings. The Morgan fingerprint density at radius 1 is 1.00 bits per heavy atom. The first-order valence-electron chi connectivity index (χ1n) is 10.5. The molecule has 0 aliphatic carbocycles. The van der Waals surface area contributed by atoms with Gasteiger partial charge in [0.1, 0.15) is 5.52 Å². The van der Waals surface area contributed by atoms with Gasteiger partial charge in [0.2, 0.25) is 5.95 Å². The maximum Gasteiger partial charge on any atom is 0.252 e. The highest BCUT2D eigenvalue weighted by Crippen LogP contribution is 2.24. The minimum absolute atomic E-state index is 0.0758. The maximum absolute atomic E-state index is 12.7. The van der Waals surface area contributed by atoms with Gasteiger partial charge in [0.15, 0.2) is 0 Å². The average Bonchev–Trinajstić information content (AvgIpc) is 2.79. The number of carbonyl (C=O) groups is 1. The van der Waals surface area contributed by atoms with Crippen LogP contribution in [0.25, 0.3) is 22.3 Å². The highest BCUT2D eigenvalue weighted by molar-refractivity contribution is 5.95. The Labute approximate surface area is 187 Å². The van der Waals surface area contributed by atoms with Crippen LogP contribution in [-0.4, -0.2) is 46.0 Å². The Balaban J connectivity index is 1.70. The van der Waals surface area contributed by atoms with E-state index < -0.39 is 0 Å². The number of nitrogens with two attached hydrogens (primary N) is 1. The van der Waals surface area contributed by atoms with Gasteiger partial charge in [-0.05, 0) is 50.8 Å². The van der Waals surface area contributed by atoms with E-state index in [1.54, 1.807) is 6.07 Å². The molecule has 2 aromatic carbocycles. The summed E-state index contributed by atoms with van der Waals surface area (Å²) in [7, 11) is 3.84. The molecule has 0 bridgehead atoms. The molecular formula is C25H26N6O. The van der Waals surface area contributed by atoms with E-state index in [1.807, 2.05) is 86.6 Å². The normalized spacial score (nSPS) is 12.1. The van der Waals surface area contributed by atoms with E-state index in [0.717, 1.165) is 22.5 Å². The van der Waals surface area contributed by atoms with E-state index in [2.05, 4.69) is 15.3 Å². The van der Waals surface area contributed by atoms with Gasteiger partial charge < -0.3 is 11.1 Å². The minimum atomic E-state index is -0.130. The molecule has 4 rings (SSSR count). The van der Waals surface area contributed by atoms with Crippen molar-refractivity contribution in [3.8, 4) is 11.3 Å². The minimum Gasteiger partial charge on any atom is -0.368 e. The molecule has 7 nitrogen and oxygen atoms in total. The van der Waals surface area contributed by atoms with Gasteiger partial charge in [-0.2, -0.15) is 0 Å². The van der Waals surface area contributed by atoms with Crippen LogP contribution >= 0.6 is 0 Å². The Morgan fingerprint density at radius 2 is 1.78 bits per heavy atom. The van der Waals surface area contributed by atoms with Crippen LogP contribution in [0.4, 0.5) is 5.95 Å². The summed E-state index contributed by atoms with van der Waals surface area (Å²) in [4.78, 5) is 28.3. The number of pyridine rings is 1. The van der Waals surface area contributed by atoms with E-state index in [1.165, 1.54) is 0 Å². The number of nitrogens with zero attached hydrogens (tertiary/aromatic N) is 4. The summed E-state index contributed by atoms with van der Waals surface area (Å²) in [6, 6.07) is 21.3. The highest BCUT2D eigenvalue weighted by atomic mass is 16.1. The highest BCUT2D eigenvalue weighted by Gasteiger charge is 2.14. The molecule has 1 amide bonds. The van der Waals surface area contributed by atoms with Crippen LogP contribution in [0.15, 0.2) is 66.7 Å². The predicted molar refractivity (Wildman–Crippen MR) is 127 cm³/mol. The first-order valence-corrected chi connectivity index (χ1v) is 10.5. The van der Waals surface area contributed by atoms with Crippen molar-refractivity contribution in [2.75, 3.05) is 19.8 Å². The van der Waals surface area contributed by atoms with Crippen LogP contribution in [-0.2, 0) is 6.42 Å². The second-order valence-corrected chi connectivity index (χ2v) is 7.95. The molecule has 0 aliphatic heterocycles. The topological polar surface area (TPSA) is 97.0 Å². The molecule has 7 heteroatoms. The fourth-order valence-electron chi connectivity index (χ4n) is 3.39. The van der Waals surface area contributed by atoms with Gasteiger partial charge in [-0.1, -0.05) is 42.5 Å². The molecule has 0 radical (unpaired) electrons. The third-order valence-corrected chi connectivity index (χ3v) is 5.38. The summed E-state index contributed by atoms with van der Waals surface area (Å²) in [5.74, 6) is 0.0985. The van der Waals surface area contributed by atoms with Gasteiger partial charge in [-0.15, -0.1) is 0 Å². The molecule has 2 heterocycles. The fourth-order valence-corrected chi connectivity index (χ4v) is 3.39. The molecule has 0 aliphatic rings. The van der Waals surface area contributed by atoms with Gasteiger partial charge in [0.25, 0.3) is 5.91 Å². The van der Waals surface area contributed by atoms with E-state index in [-0.39, 0.29) is 18.0 Å². The lowest BCUT2D eigenvalue weighted by Gasteiger charge is -2.21. The summed E-state index contributed by atoms with van der Waals surface area (Å²) in [5, 5.41) is 2.98. The predicted octanol–water partition coefficient (Wildman–Crippen LogP) is 3.50. The molecule has 162 valence electrons. The summed E-state index contributed by atoms with van der Waals surface area (Å²) >= 11 is 0. The summed E-state index contributed by atoms with van der Waals surface area (Å²) in [5.41, 5.74) is 11.4. The van der Waals surface area contributed by atoms with Crippen molar-refractivity contribution in [2.45, 2.75) is 19.5 Å². The van der Waals surface area contributed by atoms with Crippen LogP contribution < -0.4 is 11.1 Å². The lowest BCUT2D eigenvalue weighted by molar-refractivity contribution is 0.0900. The second kappa shape index (κ2) is 9.11. The molecule has 0 spiro atoms. The number of fused-ring (bicyclic) bond motifs is 1. The number of aromatic nitrogens is 3. The Bertz CT molecular complexity index is 1260. The zero-order chi connectivity index (χ0) is 22.7. The monoisotopic (exact) mass is 426 g/mol. The quantitative estimate of drug-likeness (QED) is 0.458. The SMILES string of the molecule is CC(NC(=O)c1cccc(-c2ccc3nc(N)nc(Cc4ccccc4)c3n2)c1)N(C)C. The smallest absolute Gasteiger partial charge is 0.252 e. The van der Waals surface area contributed by atoms with Crippen molar-refractivity contribution < 1.29 is 4.79 Å². The van der Waals surface area contributed by atoms with Crippen LogP contribution in [0.2, 0.25) is 0 Å². The average molecular weight is 427 g/mol. The number of benzene rings is 2. The number of nitrogens with one attached hydrogen (secondary N) is 1. The van der Waals surface area contributed by atoms with E-state index >= 15 is 0 Å². The van der Waals surface area contributed by atoms with E-state index in [4.69, 9.17) is 10.7 Å². The van der Waals surface area contributed by atoms with Gasteiger partial charge in [-0.25, -0.2) is 15.0 Å². The van der Waals surface area contributed by atoms with Gasteiger partial charge in [-0.3, -0.25) is 9.69 Å². The largest absolute Gasteiger partial charge is 0.368 e. The summed E-state index contributed by atoms with van der Waals surface area (Å²) < 4.78 is 0. The first kappa shape index (κ1) is 21.4. The molecule has 0 fully saturated rings. The number of anilines is 1. The van der Waals surface area contributed by atoms with E-state index in [9.17, 15) is 4.79 Å². The summed E-state index contributed by atoms with van der Waals surface area (Å²) in [6.07, 6.45) is 0.527. The molecule has 32 heavy (non-hydrogen) atoms. The Kier molecular flexibility index (Phi) is 6.09. The van der Waals surface area contributed by atoms with Gasteiger partial charge in [0.05, 0.1) is 23.1 Å². The Hall–Kier alpha value is -3.84. The second-order valence-electron chi connectivity index (χ2n) is 7.95. The standard InChI is InChI=1S/C25H26N6O/c1-16(31(2)3)27-24(32)19-11-7-10-18(15-19)20-12-13-21-23(28-20)22(30-25(26)29-21)14-17-8-5-4-6-9-17/h4-13,15-16H,14H2,1-3H3,(H,27,32)(H2,26,29,30). The first-order chi connectivity index (χ1) is 15.4. The van der Waals surface area contributed by atoms with Crippen molar-refractivity contribution >= 4 is 22.9 Å². The van der Waals surface area contributed by atoms with Gasteiger partial charge in [0, 0.05) is 17.5 Å². The van der Waals surface area contributed by atoms with Crippen molar-refractivity contribution in [2.24, 2.45) is 0 Å². The fraction of sp³-hybridized carbons (Fsp3) is 0.200. The third-order valence-electron chi connectivity index (χ3n) is 5.38. The number of nitrogen functional groups attached to an aromatic ring is 1. The molecule has 1 unspecified atom stereocenters. The van der Waals surface area contributed by atoms with Crippen molar-refractivity contribution in [1.29, 1.82) is 0 Å². The third kappa shape index (κ3) is 4.73. The lowest BCUT2D eigenvalue weighted by Crippen LogP contribution is -2.42. The zero-order valence-corrected chi connectivity index (χ0v) is 18.4. The number of hydrogen-bond donors (Lipinski definition) is 2. The molecule has 2 aromatic heterocycles. The van der Waals surface area contributed by atoms with Crippen molar-refractivity contribution in [3.63, 3.8) is 0 Å². The molecule has 0 saturated heterocycles. The summed E-state index contributed by atoms with van der Waals surface area (Å²) in [6.45, 7) is 1.94. The van der Waals surface area contributed by atoms with Crippen molar-refractivity contribution in [3.05, 3.63) is 83.6 Å². The van der Waals surface area contributed by atoms with Crippen LogP contribution in [0.5, 0.6) is 0 Å². The number of rotatable bonds is 6. The van der Waals surface area contributed by atoms with Crippen LogP contribution in [0.3, 0.4) is 0 Å². The maximum atomic E-state index is 12.7. The zero-order valence-electron chi connectivity index (χ0n) is 18.4. The lowest BCUT2D eigenvalue weighted by atomic mass is 10.1. The van der Waals surface area contributed by atoms with Crippen LogP contribution in [0.1, 0.15) is 28.5 Å².